The molecule has 0 aliphatic carbocycles. The minimum absolute atomic E-state index is 0.435. The molecule has 2 heteroatoms. The second kappa shape index (κ2) is 1.39. The normalized spacial score (nSPS) is 22.7. The van der Waals surface area contributed by atoms with E-state index in [0.717, 1.165) is 13.2 Å². The molecule has 1 fully saturated rings. The molecule has 1 rings (SSSR count). The van der Waals surface area contributed by atoms with E-state index in [1.165, 1.54) is 6.21 Å². The Kier molecular flexibility index (Phi) is 0.881. The highest BCUT2D eigenvalue weighted by Crippen LogP contribution is 2.04. The van der Waals surface area contributed by atoms with Crippen LogP contribution in [0, 0.1) is 11.3 Å². The summed E-state index contributed by atoms with van der Waals surface area (Å²) in [6.45, 7) is 1.53. The second-order valence-corrected chi connectivity index (χ2v) is 1.46. The summed E-state index contributed by atoms with van der Waals surface area (Å²) in [6, 6.07) is 0. The SMILES string of the molecule is N=CC1COC1. The third-order valence-corrected chi connectivity index (χ3v) is 0.900. The molecule has 0 saturated carbocycles. The van der Waals surface area contributed by atoms with E-state index in [1.54, 1.807) is 0 Å². The van der Waals surface area contributed by atoms with Crippen LogP contribution in [-0.2, 0) is 4.74 Å². The maximum atomic E-state index is 6.65. The van der Waals surface area contributed by atoms with Crippen LogP contribution >= 0.6 is 0 Å². The summed E-state index contributed by atoms with van der Waals surface area (Å²) in [6.07, 6.45) is 1.43. The van der Waals surface area contributed by atoms with Gasteiger partial charge in [-0.1, -0.05) is 0 Å². The number of hydrogen-bond donors (Lipinski definition) is 1. The first-order chi connectivity index (χ1) is 2.93. The molecule has 0 bridgehead atoms. The summed E-state index contributed by atoms with van der Waals surface area (Å²) in [5, 5.41) is 6.65. The monoisotopic (exact) mass is 85.1 g/mol. The molecule has 0 aromatic carbocycles. The van der Waals surface area contributed by atoms with Crippen LogP contribution in [0.25, 0.3) is 0 Å². The van der Waals surface area contributed by atoms with Gasteiger partial charge in [-0.25, -0.2) is 0 Å². The van der Waals surface area contributed by atoms with Crippen LogP contribution < -0.4 is 0 Å². The van der Waals surface area contributed by atoms with Crippen LogP contribution in [0.2, 0.25) is 0 Å². The van der Waals surface area contributed by atoms with Crippen molar-refractivity contribution in [2.24, 2.45) is 5.92 Å². The van der Waals surface area contributed by atoms with Gasteiger partial charge in [-0.05, 0) is 0 Å². The minimum atomic E-state index is 0.435. The smallest absolute Gasteiger partial charge is 0.0566 e. The molecule has 1 heterocycles. The molecule has 34 valence electrons. The molecule has 0 atom stereocenters. The maximum absolute atomic E-state index is 6.65. The van der Waals surface area contributed by atoms with Gasteiger partial charge in [0.25, 0.3) is 0 Å². The predicted octanol–water partition coefficient (Wildman–Crippen LogP) is 0.282. The summed E-state index contributed by atoms with van der Waals surface area (Å²) >= 11 is 0. The number of rotatable bonds is 1. The molecule has 1 saturated heterocycles. The fraction of sp³-hybridized carbons (Fsp3) is 0.750. The Morgan fingerprint density at radius 2 is 2.33 bits per heavy atom. The van der Waals surface area contributed by atoms with Crippen molar-refractivity contribution in [3.8, 4) is 0 Å². The standard InChI is InChI=1S/C4H7NO/c5-1-4-2-6-3-4/h1,4-5H,2-3H2. The highest BCUT2D eigenvalue weighted by molar-refractivity contribution is 5.57. The zero-order chi connectivity index (χ0) is 4.41. The Balaban J connectivity index is 2.16. The fourth-order valence-electron chi connectivity index (χ4n) is 0.350. The van der Waals surface area contributed by atoms with E-state index in [2.05, 4.69) is 0 Å². The molecule has 0 spiro atoms. The van der Waals surface area contributed by atoms with Crippen molar-refractivity contribution in [3.63, 3.8) is 0 Å². The Morgan fingerprint density at radius 1 is 1.67 bits per heavy atom. The molecule has 0 radical (unpaired) electrons. The molecular formula is C4H7NO. The summed E-state index contributed by atoms with van der Waals surface area (Å²) < 4.78 is 4.77. The fourth-order valence-corrected chi connectivity index (χ4v) is 0.350. The molecule has 0 unspecified atom stereocenters. The first kappa shape index (κ1) is 3.81. The lowest BCUT2D eigenvalue weighted by molar-refractivity contribution is 0.00384. The molecule has 0 amide bonds. The van der Waals surface area contributed by atoms with Crippen molar-refractivity contribution in [1.29, 1.82) is 5.41 Å². The average Bonchev–Trinajstić information content (AvgIpc) is 1.31. The van der Waals surface area contributed by atoms with Gasteiger partial charge in [0.2, 0.25) is 0 Å². The molecule has 6 heavy (non-hydrogen) atoms. The lowest BCUT2D eigenvalue weighted by Crippen LogP contribution is -2.27. The average molecular weight is 85.1 g/mol. The molecule has 1 N–H and O–H groups in total. The van der Waals surface area contributed by atoms with Crippen LogP contribution in [0.3, 0.4) is 0 Å². The third kappa shape index (κ3) is 0.431. The number of hydrogen-bond acceptors (Lipinski definition) is 2. The maximum Gasteiger partial charge on any atom is 0.0566 e. The summed E-state index contributed by atoms with van der Waals surface area (Å²) in [5.74, 6) is 0.435. The van der Waals surface area contributed by atoms with Crippen LogP contribution in [-0.4, -0.2) is 19.4 Å². The van der Waals surface area contributed by atoms with Gasteiger partial charge in [0.1, 0.15) is 0 Å². The Bertz CT molecular complexity index is 58.6. The Morgan fingerprint density at radius 3 is 2.33 bits per heavy atom. The Labute approximate surface area is 36.6 Å². The van der Waals surface area contributed by atoms with E-state index in [4.69, 9.17) is 10.1 Å². The van der Waals surface area contributed by atoms with E-state index >= 15 is 0 Å². The first-order valence-corrected chi connectivity index (χ1v) is 2.02. The molecule has 2 nitrogen and oxygen atoms in total. The van der Waals surface area contributed by atoms with Gasteiger partial charge >= 0.3 is 0 Å². The predicted molar refractivity (Wildman–Crippen MR) is 23.1 cm³/mol. The van der Waals surface area contributed by atoms with Gasteiger partial charge in [-0.15, -0.1) is 0 Å². The van der Waals surface area contributed by atoms with Gasteiger partial charge in [-0.3, -0.25) is 0 Å². The van der Waals surface area contributed by atoms with Gasteiger partial charge in [0.15, 0.2) is 0 Å². The van der Waals surface area contributed by atoms with Crippen molar-refractivity contribution in [1.82, 2.24) is 0 Å². The quantitative estimate of drug-likeness (QED) is 0.456. The zero-order valence-electron chi connectivity index (χ0n) is 3.48. The summed E-state index contributed by atoms with van der Waals surface area (Å²) in [4.78, 5) is 0. The second-order valence-electron chi connectivity index (χ2n) is 1.46. The molecular weight excluding hydrogens is 78.0 g/mol. The molecule has 1 aliphatic rings. The van der Waals surface area contributed by atoms with Crippen molar-refractivity contribution in [3.05, 3.63) is 0 Å². The van der Waals surface area contributed by atoms with E-state index in [1.807, 2.05) is 0 Å². The van der Waals surface area contributed by atoms with Crippen LogP contribution in [0.5, 0.6) is 0 Å². The highest BCUT2D eigenvalue weighted by atomic mass is 16.5. The first-order valence-electron chi connectivity index (χ1n) is 2.02. The number of ether oxygens (including phenoxy) is 1. The van der Waals surface area contributed by atoms with E-state index in [9.17, 15) is 0 Å². The van der Waals surface area contributed by atoms with Crippen LogP contribution in [0.15, 0.2) is 0 Å². The van der Waals surface area contributed by atoms with Crippen LogP contribution in [0.4, 0.5) is 0 Å². The highest BCUT2D eigenvalue weighted by Gasteiger charge is 2.13. The molecule has 0 aromatic rings. The van der Waals surface area contributed by atoms with Gasteiger partial charge < -0.3 is 10.1 Å². The van der Waals surface area contributed by atoms with Gasteiger partial charge in [-0.2, -0.15) is 0 Å². The summed E-state index contributed by atoms with van der Waals surface area (Å²) in [5.41, 5.74) is 0. The topological polar surface area (TPSA) is 33.1 Å². The third-order valence-electron chi connectivity index (χ3n) is 0.900. The number of nitrogens with one attached hydrogen (secondary N) is 1. The van der Waals surface area contributed by atoms with Crippen molar-refractivity contribution < 1.29 is 4.74 Å². The lowest BCUT2D eigenvalue weighted by atomic mass is 10.1. The van der Waals surface area contributed by atoms with E-state index in [0.29, 0.717) is 5.92 Å². The minimum Gasteiger partial charge on any atom is -0.380 e. The van der Waals surface area contributed by atoms with Crippen molar-refractivity contribution in [2.45, 2.75) is 0 Å². The molecule has 1 aliphatic heterocycles. The largest absolute Gasteiger partial charge is 0.380 e. The van der Waals surface area contributed by atoms with Crippen LogP contribution in [0.1, 0.15) is 0 Å². The van der Waals surface area contributed by atoms with Gasteiger partial charge in [0, 0.05) is 12.1 Å². The molecule has 0 aromatic heterocycles. The van der Waals surface area contributed by atoms with Gasteiger partial charge in [0.05, 0.1) is 13.2 Å². The van der Waals surface area contributed by atoms with Crippen molar-refractivity contribution >= 4 is 6.21 Å². The van der Waals surface area contributed by atoms with E-state index < -0.39 is 0 Å². The lowest BCUT2D eigenvalue weighted by Gasteiger charge is -2.20. The Hall–Kier alpha value is -0.370. The van der Waals surface area contributed by atoms with Crippen molar-refractivity contribution in [2.75, 3.05) is 13.2 Å². The van der Waals surface area contributed by atoms with E-state index in [-0.39, 0.29) is 0 Å². The summed E-state index contributed by atoms with van der Waals surface area (Å²) in [7, 11) is 0. The zero-order valence-corrected chi connectivity index (χ0v) is 3.48.